The number of aromatic nitrogens is 2. The van der Waals surface area contributed by atoms with Gasteiger partial charge in [-0.2, -0.15) is 0 Å². The SMILES string of the molecule is COc1cc2c(Oc3ccc(NC(=O)NCC4CCOC4)c(Cl)c3)ncnc2cc1OCCCOC1CCOC1. The van der Waals surface area contributed by atoms with Crippen LogP contribution in [0.2, 0.25) is 5.02 Å². The monoisotopic (exact) mass is 572 g/mol. The Balaban J connectivity index is 1.20. The first-order valence-electron chi connectivity index (χ1n) is 13.3. The van der Waals surface area contributed by atoms with Crippen LogP contribution in [-0.2, 0) is 14.2 Å². The van der Waals surface area contributed by atoms with Crippen molar-refractivity contribution in [2.75, 3.05) is 58.6 Å². The van der Waals surface area contributed by atoms with Crippen molar-refractivity contribution in [3.8, 4) is 23.1 Å². The summed E-state index contributed by atoms with van der Waals surface area (Å²) in [7, 11) is 1.57. The molecule has 2 aliphatic heterocycles. The largest absolute Gasteiger partial charge is 0.493 e. The van der Waals surface area contributed by atoms with Crippen LogP contribution in [0.15, 0.2) is 36.7 Å². The van der Waals surface area contributed by atoms with E-state index in [1.54, 1.807) is 37.4 Å². The molecule has 2 aliphatic rings. The maximum atomic E-state index is 12.3. The summed E-state index contributed by atoms with van der Waals surface area (Å²) in [6.45, 7) is 4.43. The Morgan fingerprint density at radius 2 is 1.95 bits per heavy atom. The van der Waals surface area contributed by atoms with E-state index in [1.807, 2.05) is 0 Å². The Kier molecular flexibility index (Phi) is 9.72. The first kappa shape index (κ1) is 28.2. The number of halogens is 1. The number of benzene rings is 2. The van der Waals surface area contributed by atoms with Crippen LogP contribution >= 0.6 is 11.6 Å². The van der Waals surface area contributed by atoms with Gasteiger partial charge in [0.2, 0.25) is 5.88 Å². The molecule has 2 saturated heterocycles. The number of anilines is 1. The van der Waals surface area contributed by atoms with Crippen LogP contribution in [0.3, 0.4) is 0 Å². The molecule has 5 rings (SSSR count). The molecule has 2 atom stereocenters. The van der Waals surface area contributed by atoms with Gasteiger partial charge in [-0.05, 0) is 31.0 Å². The maximum Gasteiger partial charge on any atom is 0.319 e. The Labute approximate surface area is 237 Å². The van der Waals surface area contributed by atoms with E-state index in [1.165, 1.54) is 6.33 Å². The molecule has 2 fully saturated rings. The predicted molar refractivity (Wildman–Crippen MR) is 149 cm³/mol. The predicted octanol–water partition coefficient (Wildman–Crippen LogP) is 4.82. The van der Waals surface area contributed by atoms with Crippen LogP contribution < -0.4 is 24.8 Å². The van der Waals surface area contributed by atoms with Gasteiger partial charge in [-0.3, -0.25) is 0 Å². The molecule has 0 radical (unpaired) electrons. The van der Waals surface area contributed by atoms with Gasteiger partial charge in [0.25, 0.3) is 0 Å². The normalized spacial score (nSPS) is 18.6. The highest BCUT2D eigenvalue weighted by atomic mass is 35.5. The Morgan fingerprint density at radius 3 is 2.73 bits per heavy atom. The van der Waals surface area contributed by atoms with Crippen LogP contribution in [0.4, 0.5) is 10.5 Å². The molecule has 11 nitrogen and oxygen atoms in total. The van der Waals surface area contributed by atoms with Gasteiger partial charge in [-0.25, -0.2) is 14.8 Å². The standard InChI is InChI=1S/C28H33ClN4O7/c1-35-25-12-21-24(13-26(25)39-8-2-7-38-20-6-10-37-16-20)31-17-32-27(21)40-19-3-4-23(22(29)11-19)33-28(34)30-14-18-5-9-36-15-18/h3-4,11-13,17-18,20H,2,5-10,14-16H2,1H3,(H2,30,33,34). The number of urea groups is 1. The summed E-state index contributed by atoms with van der Waals surface area (Å²) in [6.07, 6.45) is 4.21. The van der Waals surface area contributed by atoms with Gasteiger partial charge in [0.1, 0.15) is 12.1 Å². The number of amides is 2. The minimum Gasteiger partial charge on any atom is -0.493 e. The second-order valence-corrected chi connectivity index (χ2v) is 9.97. The van der Waals surface area contributed by atoms with Crippen molar-refractivity contribution in [3.63, 3.8) is 0 Å². The molecule has 2 aromatic carbocycles. The number of carbonyl (C=O) groups excluding carboxylic acids is 1. The highest BCUT2D eigenvalue weighted by Gasteiger charge is 2.18. The van der Waals surface area contributed by atoms with Crippen molar-refractivity contribution >= 4 is 34.2 Å². The lowest BCUT2D eigenvalue weighted by Gasteiger charge is -2.15. The zero-order valence-electron chi connectivity index (χ0n) is 22.3. The van der Waals surface area contributed by atoms with Crippen LogP contribution in [0.1, 0.15) is 19.3 Å². The van der Waals surface area contributed by atoms with E-state index in [0.29, 0.717) is 83.6 Å². The zero-order chi connectivity index (χ0) is 27.7. The summed E-state index contributed by atoms with van der Waals surface area (Å²) < 4.78 is 34.0. The Hall–Kier alpha value is -3.38. The fraction of sp³-hybridized carbons (Fsp3) is 0.464. The third-order valence-corrected chi connectivity index (χ3v) is 6.96. The molecule has 2 unspecified atom stereocenters. The van der Waals surface area contributed by atoms with Gasteiger partial charge in [0, 0.05) is 44.2 Å². The summed E-state index contributed by atoms with van der Waals surface area (Å²) in [4.78, 5) is 21.0. The Morgan fingerprint density at radius 1 is 1.07 bits per heavy atom. The third kappa shape index (κ3) is 7.42. The highest BCUT2D eigenvalue weighted by Crippen LogP contribution is 2.37. The topological polar surface area (TPSA) is 122 Å². The number of fused-ring (bicyclic) bond motifs is 1. The number of nitrogens with one attached hydrogen (secondary N) is 2. The molecule has 3 heterocycles. The fourth-order valence-corrected chi connectivity index (χ4v) is 4.67. The molecule has 214 valence electrons. The second-order valence-electron chi connectivity index (χ2n) is 9.57. The lowest BCUT2D eigenvalue weighted by Crippen LogP contribution is -2.33. The van der Waals surface area contributed by atoms with Crippen LogP contribution in [0, 0.1) is 5.92 Å². The molecule has 2 amide bonds. The molecular formula is C28H33ClN4O7. The van der Waals surface area contributed by atoms with Gasteiger partial charge in [0.05, 0.1) is 61.3 Å². The lowest BCUT2D eigenvalue weighted by molar-refractivity contribution is 0.0365. The molecule has 0 aliphatic carbocycles. The number of methoxy groups -OCH3 is 1. The van der Waals surface area contributed by atoms with Crippen molar-refractivity contribution in [2.45, 2.75) is 25.4 Å². The first-order valence-corrected chi connectivity index (χ1v) is 13.7. The van der Waals surface area contributed by atoms with Gasteiger partial charge >= 0.3 is 6.03 Å². The number of rotatable bonds is 12. The quantitative estimate of drug-likeness (QED) is 0.294. The average Bonchev–Trinajstić information content (AvgIpc) is 3.68. The maximum absolute atomic E-state index is 12.3. The summed E-state index contributed by atoms with van der Waals surface area (Å²) in [5, 5.41) is 6.59. The second kappa shape index (κ2) is 13.8. The molecule has 40 heavy (non-hydrogen) atoms. The van der Waals surface area contributed by atoms with E-state index in [4.69, 9.17) is 40.0 Å². The average molecular weight is 573 g/mol. The van der Waals surface area contributed by atoms with E-state index in [-0.39, 0.29) is 12.1 Å². The molecule has 12 heteroatoms. The fourth-order valence-electron chi connectivity index (χ4n) is 4.45. The van der Waals surface area contributed by atoms with Gasteiger partial charge in [-0.15, -0.1) is 0 Å². The van der Waals surface area contributed by atoms with E-state index >= 15 is 0 Å². The smallest absolute Gasteiger partial charge is 0.319 e. The van der Waals surface area contributed by atoms with Crippen molar-refractivity contribution in [2.24, 2.45) is 5.92 Å². The minimum absolute atomic E-state index is 0.175. The lowest BCUT2D eigenvalue weighted by atomic mass is 10.1. The summed E-state index contributed by atoms with van der Waals surface area (Å²) in [5.74, 6) is 2.21. The summed E-state index contributed by atoms with van der Waals surface area (Å²) >= 11 is 6.43. The van der Waals surface area contributed by atoms with E-state index < -0.39 is 0 Å². The third-order valence-electron chi connectivity index (χ3n) is 6.65. The van der Waals surface area contributed by atoms with Crippen molar-refractivity contribution in [1.29, 1.82) is 0 Å². The van der Waals surface area contributed by atoms with Crippen LogP contribution in [0.25, 0.3) is 10.9 Å². The van der Waals surface area contributed by atoms with Crippen molar-refractivity contribution in [1.82, 2.24) is 15.3 Å². The summed E-state index contributed by atoms with van der Waals surface area (Å²) in [6, 6.07) is 8.24. The number of ether oxygens (including phenoxy) is 6. The molecule has 0 spiro atoms. The summed E-state index contributed by atoms with van der Waals surface area (Å²) in [5.41, 5.74) is 1.10. The van der Waals surface area contributed by atoms with E-state index in [2.05, 4.69) is 20.6 Å². The van der Waals surface area contributed by atoms with Gasteiger partial charge < -0.3 is 39.1 Å². The molecule has 0 bridgehead atoms. The number of hydrogen-bond donors (Lipinski definition) is 2. The van der Waals surface area contributed by atoms with E-state index in [9.17, 15) is 4.79 Å². The highest BCUT2D eigenvalue weighted by molar-refractivity contribution is 6.33. The van der Waals surface area contributed by atoms with E-state index in [0.717, 1.165) is 32.5 Å². The minimum atomic E-state index is -0.328. The number of carbonyl (C=O) groups is 1. The molecule has 1 aromatic heterocycles. The van der Waals surface area contributed by atoms with Gasteiger partial charge in [0.15, 0.2) is 11.5 Å². The van der Waals surface area contributed by atoms with Crippen molar-refractivity contribution < 1.29 is 33.2 Å². The Bertz CT molecular complexity index is 1300. The molecule has 3 aromatic rings. The van der Waals surface area contributed by atoms with Crippen molar-refractivity contribution in [3.05, 3.63) is 41.7 Å². The molecular weight excluding hydrogens is 540 g/mol. The van der Waals surface area contributed by atoms with Crippen LogP contribution in [-0.4, -0.2) is 75.4 Å². The zero-order valence-corrected chi connectivity index (χ0v) is 23.1. The van der Waals surface area contributed by atoms with Gasteiger partial charge in [-0.1, -0.05) is 11.6 Å². The molecule has 0 saturated carbocycles. The van der Waals surface area contributed by atoms with Crippen LogP contribution in [0.5, 0.6) is 23.1 Å². The first-order chi connectivity index (χ1) is 19.6. The number of hydrogen-bond acceptors (Lipinski definition) is 9. The molecule has 2 N–H and O–H groups in total. The number of nitrogens with zero attached hydrogens (tertiary/aromatic N) is 2.